The number of aliphatic carboxylic acids is 1. The molecule has 2 aromatic rings. The maximum absolute atomic E-state index is 13.0. The van der Waals surface area contributed by atoms with E-state index in [0.29, 0.717) is 0 Å². The summed E-state index contributed by atoms with van der Waals surface area (Å²) in [6, 6.07) is 14.7. The van der Waals surface area contributed by atoms with Gasteiger partial charge in [0.15, 0.2) is 6.04 Å². The number of hydrogen-bond donors (Lipinski definition) is 3. The molecule has 0 saturated carbocycles. The van der Waals surface area contributed by atoms with Crippen LogP contribution in [0, 0.1) is 0 Å². The van der Waals surface area contributed by atoms with Gasteiger partial charge in [0.05, 0.1) is 12.7 Å². The third-order valence-corrected chi connectivity index (χ3v) is 6.54. The quantitative estimate of drug-likeness (QED) is 0.543. The van der Waals surface area contributed by atoms with E-state index < -0.39 is 35.7 Å². The Morgan fingerprint density at radius 2 is 1.74 bits per heavy atom. The first-order valence-corrected chi connectivity index (χ1v) is 11.1. The van der Waals surface area contributed by atoms with Gasteiger partial charge in [-0.1, -0.05) is 48.5 Å². The second kappa shape index (κ2) is 9.82. The zero-order chi connectivity index (χ0) is 24.3. The highest BCUT2D eigenvalue weighted by Gasteiger charge is 2.46. The van der Waals surface area contributed by atoms with Crippen LogP contribution in [-0.4, -0.2) is 67.7 Å². The molecule has 2 aromatic carbocycles. The summed E-state index contributed by atoms with van der Waals surface area (Å²) in [4.78, 5) is 37.4. The lowest BCUT2D eigenvalue weighted by atomic mass is 9.96. The molecule has 1 fully saturated rings. The van der Waals surface area contributed by atoms with Gasteiger partial charge in [-0.2, -0.15) is 0 Å². The van der Waals surface area contributed by atoms with Crippen molar-refractivity contribution in [2.24, 2.45) is 0 Å². The molecular formula is C25H28N2O7. The van der Waals surface area contributed by atoms with Crippen LogP contribution in [0.1, 0.15) is 30.4 Å². The Labute approximate surface area is 197 Å². The highest BCUT2D eigenvalue weighted by Crippen LogP contribution is 2.44. The van der Waals surface area contributed by atoms with Crippen molar-refractivity contribution in [3.63, 3.8) is 0 Å². The number of benzene rings is 2. The Kier molecular flexibility index (Phi) is 6.85. The average Bonchev–Trinajstić information content (AvgIpc) is 3.44. The third kappa shape index (κ3) is 4.49. The number of hydrogen-bond acceptors (Lipinski definition) is 6. The summed E-state index contributed by atoms with van der Waals surface area (Å²) >= 11 is 0. The molecule has 2 amide bonds. The van der Waals surface area contributed by atoms with Crippen LogP contribution in [0.4, 0.5) is 4.79 Å². The third-order valence-electron chi connectivity index (χ3n) is 6.54. The van der Waals surface area contributed by atoms with Crippen LogP contribution in [-0.2, 0) is 23.8 Å². The minimum Gasteiger partial charge on any atom is -0.480 e. The molecule has 1 heterocycles. The van der Waals surface area contributed by atoms with Gasteiger partial charge >= 0.3 is 12.1 Å². The van der Waals surface area contributed by atoms with Gasteiger partial charge in [0.25, 0.3) is 0 Å². The summed E-state index contributed by atoms with van der Waals surface area (Å²) in [6.45, 7) is 1.79. The second-order valence-corrected chi connectivity index (χ2v) is 8.57. The Morgan fingerprint density at radius 3 is 2.26 bits per heavy atom. The van der Waals surface area contributed by atoms with E-state index in [-0.39, 0.29) is 32.2 Å². The summed E-state index contributed by atoms with van der Waals surface area (Å²) < 4.78 is 16.0. The maximum Gasteiger partial charge on any atom is 0.408 e. The highest BCUT2D eigenvalue weighted by molar-refractivity contribution is 5.93. The fourth-order valence-corrected chi connectivity index (χ4v) is 4.52. The van der Waals surface area contributed by atoms with E-state index in [4.69, 9.17) is 14.2 Å². The molecule has 0 bridgehead atoms. The highest BCUT2D eigenvalue weighted by atomic mass is 16.6. The van der Waals surface area contributed by atoms with Crippen molar-refractivity contribution >= 4 is 18.0 Å². The predicted molar refractivity (Wildman–Crippen MR) is 122 cm³/mol. The molecule has 4 rings (SSSR count). The molecule has 34 heavy (non-hydrogen) atoms. The number of rotatable bonds is 8. The number of carboxylic acid groups (broad SMARTS) is 1. The SMILES string of the molecule is CO[C@H](C)[C@H](NC(=O)C1(NC(=O)OCC2c3ccccc3-c3ccccc32)CCOC1)C(=O)O. The first kappa shape index (κ1) is 23.7. The lowest BCUT2D eigenvalue weighted by Crippen LogP contribution is -2.63. The lowest BCUT2D eigenvalue weighted by Gasteiger charge is -2.30. The van der Waals surface area contributed by atoms with Crippen molar-refractivity contribution in [2.45, 2.75) is 36.9 Å². The summed E-state index contributed by atoms with van der Waals surface area (Å²) in [5.74, 6) is -2.02. The number of alkyl carbamates (subject to hydrolysis) is 1. The van der Waals surface area contributed by atoms with Crippen LogP contribution >= 0.6 is 0 Å². The van der Waals surface area contributed by atoms with Crippen molar-refractivity contribution in [3.8, 4) is 11.1 Å². The van der Waals surface area contributed by atoms with Gasteiger partial charge in [-0.3, -0.25) is 4.79 Å². The van der Waals surface area contributed by atoms with E-state index in [1.165, 1.54) is 14.0 Å². The molecule has 9 nitrogen and oxygen atoms in total. The molecule has 0 aromatic heterocycles. The van der Waals surface area contributed by atoms with Crippen molar-refractivity contribution in [2.75, 3.05) is 26.9 Å². The molecule has 1 unspecified atom stereocenters. The minimum atomic E-state index is -1.43. The van der Waals surface area contributed by atoms with Gasteiger partial charge in [-0.25, -0.2) is 9.59 Å². The first-order chi connectivity index (χ1) is 16.4. The van der Waals surface area contributed by atoms with Gasteiger partial charge < -0.3 is 30.0 Å². The number of nitrogens with one attached hydrogen (secondary N) is 2. The summed E-state index contributed by atoms with van der Waals surface area (Å²) in [5.41, 5.74) is 2.94. The van der Waals surface area contributed by atoms with Crippen molar-refractivity contribution < 1.29 is 33.7 Å². The van der Waals surface area contributed by atoms with Gasteiger partial charge in [-0.05, 0) is 29.2 Å². The fraction of sp³-hybridized carbons (Fsp3) is 0.400. The van der Waals surface area contributed by atoms with Gasteiger partial charge in [0.2, 0.25) is 5.91 Å². The second-order valence-electron chi connectivity index (χ2n) is 8.57. The van der Waals surface area contributed by atoms with Crippen LogP contribution in [0.3, 0.4) is 0 Å². The molecule has 1 aliphatic carbocycles. The van der Waals surface area contributed by atoms with Crippen molar-refractivity contribution in [1.82, 2.24) is 10.6 Å². The largest absolute Gasteiger partial charge is 0.480 e. The molecule has 1 saturated heterocycles. The lowest BCUT2D eigenvalue weighted by molar-refractivity contribution is -0.146. The standard InChI is InChI=1S/C25H28N2O7/c1-15(32-2)21(22(28)29)26-23(30)25(11-12-33-14-25)27-24(31)34-13-20-18-9-5-3-7-16(18)17-8-4-6-10-19(17)20/h3-10,15,20-21H,11-14H2,1-2H3,(H,26,30)(H,27,31)(H,28,29)/t15-,21+,25?/m1/s1. The van der Waals surface area contributed by atoms with Crippen LogP contribution in [0.2, 0.25) is 0 Å². The monoisotopic (exact) mass is 468 g/mol. The minimum absolute atomic E-state index is 0.0866. The molecule has 1 aliphatic heterocycles. The van der Waals surface area contributed by atoms with Gasteiger partial charge in [0, 0.05) is 26.1 Å². The van der Waals surface area contributed by atoms with Gasteiger partial charge in [-0.15, -0.1) is 0 Å². The molecular weight excluding hydrogens is 440 g/mol. The number of carbonyl (C=O) groups is 3. The maximum atomic E-state index is 13.0. The molecule has 0 radical (unpaired) electrons. The number of fused-ring (bicyclic) bond motifs is 3. The smallest absolute Gasteiger partial charge is 0.408 e. The average molecular weight is 469 g/mol. The molecule has 0 spiro atoms. The summed E-state index contributed by atoms with van der Waals surface area (Å²) in [7, 11) is 1.36. The van der Waals surface area contributed by atoms with E-state index >= 15 is 0 Å². The number of carbonyl (C=O) groups excluding carboxylic acids is 2. The predicted octanol–water partition coefficient (Wildman–Crippen LogP) is 2.29. The number of amides is 2. The van der Waals surface area contributed by atoms with Crippen molar-refractivity contribution in [3.05, 3.63) is 59.7 Å². The Hall–Kier alpha value is -3.43. The topological polar surface area (TPSA) is 123 Å². The van der Waals surface area contributed by atoms with E-state index in [1.807, 2.05) is 48.5 Å². The normalized spacial score (nSPS) is 20.6. The van der Waals surface area contributed by atoms with Gasteiger partial charge in [0.1, 0.15) is 12.1 Å². The van der Waals surface area contributed by atoms with Crippen LogP contribution in [0.15, 0.2) is 48.5 Å². The fourth-order valence-electron chi connectivity index (χ4n) is 4.52. The van der Waals surface area contributed by atoms with E-state index in [2.05, 4.69) is 10.6 Å². The van der Waals surface area contributed by atoms with E-state index in [9.17, 15) is 19.5 Å². The Balaban J connectivity index is 1.45. The molecule has 180 valence electrons. The zero-order valence-corrected chi connectivity index (χ0v) is 19.1. The van der Waals surface area contributed by atoms with Crippen molar-refractivity contribution in [1.29, 1.82) is 0 Å². The van der Waals surface area contributed by atoms with Crippen LogP contribution in [0.5, 0.6) is 0 Å². The number of ether oxygens (including phenoxy) is 3. The van der Waals surface area contributed by atoms with E-state index in [0.717, 1.165) is 22.3 Å². The van der Waals surface area contributed by atoms with Crippen LogP contribution in [0.25, 0.3) is 11.1 Å². The number of methoxy groups -OCH3 is 1. The Bertz CT molecular complexity index is 1030. The summed E-state index contributed by atoms with van der Waals surface area (Å²) in [6.07, 6.45) is -1.35. The summed E-state index contributed by atoms with van der Waals surface area (Å²) in [5, 5.41) is 14.6. The number of carboxylic acids is 1. The van der Waals surface area contributed by atoms with Crippen LogP contribution < -0.4 is 10.6 Å². The molecule has 9 heteroatoms. The zero-order valence-electron chi connectivity index (χ0n) is 19.1. The van der Waals surface area contributed by atoms with E-state index in [1.54, 1.807) is 0 Å². The molecule has 2 aliphatic rings. The molecule has 3 atom stereocenters. The Morgan fingerprint density at radius 1 is 1.12 bits per heavy atom. The first-order valence-electron chi connectivity index (χ1n) is 11.1. The molecule has 3 N–H and O–H groups in total.